The Hall–Kier alpha value is 0.0400. The zero-order valence-electron chi connectivity index (χ0n) is 5.79. The van der Waals surface area contributed by atoms with Crippen molar-refractivity contribution in [1.29, 1.82) is 0 Å². The van der Waals surface area contributed by atoms with Crippen LogP contribution in [0.5, 0.6) is 0 Å². The molecular formula is C6H9NOS2. The molecule has 0 amide bonds. The fourth-order valence-electron chi connectivity index (χ4n) is 0.566. The third-order valence-electron chi connectivity index (χ3n) is 0.957. The van der Waals surface area contributed by atoms with E-state index in [4.69, 9.17) is 0 Å². The zero-order chi connectivity index (χ0) is 7.40. The molecule has 0 unspecified atom stereocenters. The Labute approximate surface area is 68.9 Å². The molecule has 4 heteroatoms. The topological polar surface area (TPSA) is 29.4 Å². The van der Waals surface area contributed by atoms with Crippen LogP contribution in [0.3, 0.4) is 0 Å². The molecular weight excluding hydrogens is 166 g/mol. The Balaban J connectivity index is 2.19. The van der Waals surface area contributed by atoms with Crippen molar-refractivity contribution >= 4 is 33.7 Å². The third-order valence-corrected chi connectivity index (χ3v) is 3.35. The van der Waals surface area contributed by atoms with Crippen molar-refractivity contribution < 1.29 is 4.79 Å². The largest absolute Gasteiger partial charge is 0.299 e. The van der Waals surface area contributed by atoms with Gasteiger partial charge in [-0.15, -0.1) is 0 Å². The highest BCUT2D eigenvalue weighted by Crippen LogP contribution is 2.21. The molecule has 1 heterocycles. The summed E-state index contributed by atoms with van der Waals surface area (Å²) in [5.74, 6) is 1.88. The highest BCUT2D eigenvalue weighted by Gasteiger charge is 2.07. The van der Waals surface area contributed by atoms with Gasteiger partial charge in [0, 0.05) is 5.75 Å². The predicted octanol–water partition coefficient (Wildman–Crippen LogP) is 1.41. The van der Waals surface area contributed by atoms with Gasteiger partial charge in [0.2, 0.25) is 0 Å². The predicted molar refractivity (Wildman–Crippen MR) is 47.9 cm³/mol. The van der Waals surface area contributed by atoms with Crippen LogP contribution in [0.15, 0.2) is 4.99 Å². The number of aliphatic imine (C=N–C) groups is 1. The van der Waals surface area contributed by atoms with E-state index in [9.17, 15) is 4.79 Å². The van der Waals surface area contributed by atoms with Crippen LogP contribution in [-0.2, 0) is 4.79 Å². The summed E-state index contributed by atoms with van der Waals surface area (Å²) < 4.78 is 1.08. The van der Waals surface area contributed by atoms with Gasteiger partial charge in [-0.2, -0.15) is 0 Å². The van der Waals surface area contributed by atoms with Gasteiger partial charge in [0.25, 0.3) is 0 Å². The summed E-state index contributed by atoms with van der Waals surface area (Å²) in [5, 5.41) is 0. The van der Waals surface area contributed by atoms with Crippen molar-refractivity contribution in [3.8, 4) is 0 Å². The molecule has 1 aliphatic heterocycles. The molecule has 0 spiro atoms. The summed E-state index contributed by atoms with van der Waals surface area (Å²) in [5.41, 5.74) is 0. The summed E-state index contributed by atoms with van der Waals surface area (Å²) in [6.45, 7) is 2.53. The van der Waals surface area contributed by atoms with Crippen molar-refractivity contribution in [1.82, 2.24) is 0 Å². The van der Waals surface area contributed by atoms with Crippen LogP contribution in [0, 0.1) is 0 Å². The number of hydrogen-bond donors (Lipinski definition) is 0. The summed E-state index contributed by atoms with van der Waals surface area (Å²) in [6, 6.07) is 0. The van der Waals surface area contributed by atoms with E-state index in [1.807, 2.05) is 0 Å². The monoisotopic (exact) mass is 175 g/mol. The molecule has 0 aliphatic carbocycles. The maximum atomic E-state index is 10.5. The number of carbonyl (C=O) groups is 1. The van der Waals surface area contributed by atoms with Crippen molar-refractivity contribution in [3.05, 3.63) is 0 Å². The first-order valence-electron chi connectivity index (χ1n) is 3.08. The van der Waals surface area contributed by atoms with E-state index in [0.29, 0.717) is 5.75 Å². The Morgan fingerprint density at radius 2 is 2.70 bits per heavy atom. The highest BCUT2D eigenvalue weighted by molar-refractivity contribution is 8.39. The van der Waals surface area contributed by atoms with E-state index in [-0.39, 0.29) is 5.78 Å². The molecule has 0 saturated carbocycles. The Bertz CT molecular complexity index is 167. The molecule has 0 radical (unpaired) electrons. The molecule has 0 aromatic rings. The molecule has 1 rings (SSSR count). The van der Waals surface area contributed by atoms with Crippen molar-refractivity contribution in [2.24, 2.45) is 4.99 Å². The molecule has 0 aromatic carbocycles. The lowest BCUT2D eigenvalue weighted by Gasteiger charge is -1.93. The number of thioether (sulfide) groups is 2. The SMILES string of the molecule is CC(=O)CSC1=NCCS1. The van der Waals surface area contributed by atoms with Crippen LogP contribution in [-0.4, -0.2) is 28.2 Å². The summed E-state index contributed by atoms with van der Waals surface area (Å²) in [6.07, 6.45) is 0. The quantitative estimate of drug-likeness (QED) is 0.635. The minimum Gasteiger partial charge on any atom is -0.299 e. The molecule has 0 atom stereocenters. The fourth-order valence-corrected chi connectivity index (χ4v) is 2.38. The lowest BCUT2D eigenvalue weighted by atomic mass is 10.5. The Morgan fingerprint density at radius 3 is 3.20 bits per heavy atom. The average Bonchev–Trinajstić information content (AvgIpc) is 2.34. The van der Waals surface area contributed by atoms with Gasteiger partial charge in [0.05, 0.1) is 12.3 Å². The van der Waals surface area contributed by atoms with Gasteiger partial charge in [-0.25, -0.2) is 0 Å². The number of carbonyl (C=O) groups excluding carboxylic acids is 1. The van der Waals surface area contributed by atoms with Gasteiger partial charge in [-0.05, 0) is 6.92 Å². The standard InChI is InChI=1S/C6H9NOS2/c1-5(8)4-10-6-7-2-3-9-6/h2-4H2,1H3. The number of Topliss-reactive ketones (excluding diaryl/α,β-unsaturated/α-hetero) is 1. The lowest BCUT2D eigenvalue weighted by Crippen LogP contribution is -1.95. The van der Waals surface area contributed by atoms with Crippen LogP contribution < -0.4 is 0 Å². The van der Waals surface area contributed by atoms with Crippen molar-refractivity contribution in [2.75, 3.05) is 18.1 Å². The summed E-state index contributed by atoms with van der Waals surface area (Å²) in [4.78, 5) is 14.7. The average molecular weight is 175 g/mol. The van der Waals surface area contributed by atoms with Crippen molar-refractivity contribution in [2.45, 2.75) is 6.92 Å². The normalized spacial score (nSPS) is 17.1. The van der Waals surface area contributed by atoms with Gasteiger partial charge in [0.15, 0.2) is 0 Å². The van der Waals surface area contributed by atoms with E-state index in [0.717, 1.165) is 16.7 Å². The third kappa shape index (κ3) is 2.75. The molecule has 0 aromatic heterocycles. The zero-order valence-corrected chi connectivity index (χ0v) is 7.43. The van der Waals surface area contributed by atoms with Crippen LogP contribution in [0.1, 0.15) is 6.92 Å². The van der Waals surface area contributed by atoms with Gasteiger partial charge in [-0.1, -0.05) is 23.5 Å². The molecule has 0 bridgehead atoms. The molecule has 10 heavy (non-hydrogen) atoms. The molecule has 0 fully saturated rings. The van der Waals surface area contributed by atoms with Crippen LogP contribution in [0.2, 0.25) is 0 Å². The van der Waals surface area contributed by atoms with E-state index in [1.165, 1.54) is 0 Å². The smallest absolute Gasteiger partial charge is 0.140 e. The van der Waals surface area contributed by atoms with Gasteiger partial charge in [-0.3, -0.25) is 9.79 Å². The minimum atomic E-state index is 0.222. The second-order valence-electron chi connectivity index (χ2n) is 1.99. The fraction of sp³-hybridized carbons (Fsp3) is 0.667. The lowest BCUT2D eigenvalue weighted by molar-refractivity contribution is -0.114. The first-order chi connectivity index (χ1) is 4.79. The number of hydrogen-bond acceptors (Lipinski definition) is 4. The van der Waals surface area contributed by atoms with E-state index in [1.54, 1.807) is 30.4 Å². The van der Waals surface area contributed by atoms with Gasteiger partial charge >= 0.3 is 0 Å². The van der Waals surface area contributed by atoms with Crippen molar-refractivity contribution in [3.63, 3.8) is 0 Å². The summed E-state index contributed by atoms with van der Waals surface area (Å²) >= 11 is 3.30. The van der Waals surface area contributed by atoms with Crippen LogP contribution in [0.4, 0.5) is 0 Å². The molecule has 0 N–H and O–H groups in total. The summed E-state index contributed by atoms with van der Waals surface area (Å²) in [7, 11) is 0. The second-order valence-corrected chi connectivity index (χ2v) is 4.29. The van der Waals surface area contributed by atoms with Gasteiger partial charge in [0.1, 0.15) is 10.2 Å². The van der Waals surface area contributed by atoms with Gasteiger partial charge < -0.3 is 0 Å². The highest BCUT2D eigenvalue weighted by atomic mass is 32.2. The number of nitrogens with zero attached hydrogens (tertiary/aromatic N) is 1. The maximum Gasteiger partial charge on any atom is 0.140 e. The molecule has 1 aliphatic rings. The Morgan fingerprint density at radius 1 is 1.90 bits per heavy atom. The first-order valence-corrected chi connectivity index (χ1v) is 5.05. The molecule has 56 valence electrons. The number of ketones is 1. The molecule has 0 saturated heterocycles. The minimum absolute atomic E-state index is 0.222. The van der Waals surface area contributed by atoms with E-state index < -0.39 is 0 Å². The van der Waals surface area contributed by atoms with E-state index >= 15 is 0 Å². The van der Waals surface area contributed by atoms with E-state index in [2.05, 4.69) is 4.99 Å². The second kappa shape index (κ2) is 4.03. The molecule has 2 nitrogen and oxygen atoms in total. The Kier molecular flexibility index (Phi) is 3.28. The maximum absolute atomic E-state index is 10.5. The van der Waals surface area contributed by atoms with Crippen LogP contribution >= 0.6 is 23.5 Å². The van der Waals surface area contributed by atoms with Crippen LogP contribution in [0.25, 0.3) is 0 Å². The number of rotatable bonds is 2. The first kappa shape index (κ1) is 8.14.